The van der Waals surface area contributed by atoms with Crippen molar-refractivity contribution >= 4 is 56.1 Å². The maximum Gasteiger partial charge on any atom is 0.348 e. The summed E-state index contributed by atoms with van der Waals surface area (Å²) in [5.74, 6) is 0.000265. The third kappa shape index (κ3) is 4.14. The number of nitrogens with zero attached hydrogens (tertiary/aromatic N) is 6. The number of carbonyl (C=O) groups excluding carboxylic acids is 1. The fraction of sp³-hybridized carbons (Fsp3) is 0.227. The van der Waals surface area contributed by atoms with Crippen molar-refractivity contribution in [2.75, 3.05) is 12.3 Å². The van der Waals surface area contributed by atoms with Crippen molar-refractivity contribution in [3.05, 3.63) is 64.1 Å². The van der Waals surface area contributed by atoms with Crippen LogP contribution >= 0.6 is 22.9 Å². The molecule has 5 rings (SSSR count). The minimum absolute atomic E-state index is 0.276. The smallest absolute Gasteiger partial charge is 0.348 e. The number of nitrogens with two attached hydrogens (primary N) is 1. The molecule has 0 aliphatic rings. The number of aryl methyl sites for hydroxylation is 2. The van der Waals surface area contributed by atoms with Crippen molar-refractivity contribution in [1.29, 1.82) is 0 Å². The van der Waals surface area contributed by atoms with Gasteiger partial charge in [-0.05, 0) is 31.0 Å². The Bertz CT molecular complexity index is 1470. The topological polar surface area (TPSA) is 114 Å². The number of benzene rings is 1. The minimum atomic E-state index is -0.345. The second-order valence-electron chi connectivity index (χ2n) is 7.52. The molecule has 0 unspecified atom stereocenters. The molecule has 9 nitrogen and oxygen atoms in total. The van der Waals surface area contributed by atoms with Gasteiger partial charge in [0.05, 0.1) is 25.2 Å². The summed E-state index contributed by atoms with van der Waals surface area (Å²) in [5.41, 5.74) is 8.88. The fourth-order valence-corrected chi connectivity index (χ4v) is 4.89. The molecule has 168 valence electrons. The van der Waals surface area contributed by atoms with Gasteiger partial charge in [-0.1, -0.05) is 29.8 Å². The first-order chi connectivity index (χ1) is 16.0. The Kier molecular flexibility index (Phi) is 5.69. The van der Waals surface area contributed by atoms with E-state index in [0.29, 0.717) is 46.4 Å². The predicted molar refractivity (Wildman–Crippen MR) is 128 cm³/mol. The minimum Gasteiger partial charge on any atom is -0.461 e. The molecule has 0 amide bonds. The number of aromatic nitrogens is 6. The number of imidazole rings is 1. The molecule has 0 fully saturated rings. The summed E-state index contributed by atoms with van der Waals surface area (Å²) in [6.45, 7) is 3.33. The number of ether oxygens (including phenoxy) is 1. The Morgan fingerprint density at radius 2 is 2.09 bits per heavy atom. The lowest BCUT2D eigenvalue weighted by Gasteiger charge is -2.06. The van der Waals surface area contributed by atoms with Crippen LogP contribution in [0.15, 0.2) is 43.0 Å². The third-order valence-electron chi connectivity index (χ3n) is 5.29. The van der Waals surface area contributed by atoms with Crippen LogP contribution in [-0.2, 0) is 17.8 Å². The van der Waals surface area contributed by atoms with Gasteiger partial charge in [-0.25, -0.2) is 19.7 Å². The zero-order valence-electron chi connectivity index (χ0n) is 17.7. The van der Waals surface area contributed by atoms with Gasteiger partial charge in [-0.3, -0.25) is 4.68 Å². The summed E-state index contributed by atoms with van der Waals surface area (Å²) < 4.78 is 9.26. The highest BCUT2D eigenvalue weighted by atomic mass is 35.5. The number of hydrogen-bond acceptors (Lipinski definition) is 8. The molecule has 1 aromatic carbocycles. The first-order valence-electron chi connectivity index (χ1n) is 10.3. The summed E-state index contributed by atoms with van der Waals surface area (Å²) in [7, 11) is 0. The van der Waals surface area contributed by atoms with Crippen molar-refractivity contribution in [2.45, 2.75) is 26.4 Å². The van der Waals surface area contributed by atoms with E-state index in [-0.39, 0.29) is 12.6 Å². The van der Waals surface area contributed by atoms with Crippen LogP contribution in [0, 0.1) is 6.92 Å². The average Bonchev–Trinajstić information content (AvgIpc) is 3.49. The van der Waals surface area contributed by atoms with Crippen LogP contribution in [0.5, 0.6) is 0 Å². The van der Waals surface area contributed by atoms with Gasteiger partial charge in [-0.2, -0.15) is 5.10 Å². The molecule has 0 aliphatic carbocycles. The number of anilines is 1. The Morgan fingerprint density at radius 3 is 2.94 bits per heavy atom. The monoisotopic (exact) mass is 481 g/mol. The summed E-state index contributed by atoms with van der Waals surface area (Å²) in [4.78, 5) is 26.5. The van der Waals surface area contributed by atoms with Crippen LogP contribution in [0.25, 0.3) is 21.4 Å². The van der Waals surface area contributed by atoms with E-state index in [0.717, 1.165) is 21.5 Å². The number of thiophene rings is 1. The quantitative estimate of drug-likeness (QED) is 0.275. The Balaban J connectivity index is 1.24. The lowest BCUT2D eigenvalue weighted by Crippen LogP contribution is -2.08. The third-order valence-corrected chi connectivity index (χ3v) is 6.79. The molecule has 0 bridgehead atoms. The molecule has 2 N–H and O–H groups in total. The molecule has 33 heavy (non-hydrogen) atoms. The van der Waals surface area contributed by atoms with Crippen LogP contribution in [-0.4, -0.2) is 41.9 Å². The van der Waals surface area contributed by atoms with Gasteiger partial charge in [0.25, 0.3) is 0 Å². The van der Waals surface area contributed by atoms with Crippen LogP contribution < -0.4 is 5.73 Å². The fourth-order valence-electron chi connectivity index (χ4n) is 3.64. The number of halogens is 1. The molecule has 4 aromatic heterocycles. The van der Waals surface area contributed by atoms with Crippen LogP contribution in [0.1, 0.15) is 27.3 Å². The maximum absolute atomic E-state index is 12.6. The van der Waals surface area contributed by atoms with Gasteiger partial charge in [-0.15, -0.1) is 11.3 Å². The number of nitrogen functional groups attached to an aromatic ring is 1. The van der Waals surface area contributed by atoms with Gasteiger partial charge < -0.3 is 15.0 Å². The zero-order chi connectivity index (χ0) is 22.9. The molecule has 0 aliphatic heterocycles. The highest BCUT2D eigenvalue weighted by Crippen LogP contribution is 2.30. The number of fused-ring (bicyclic) bond motifs is 2. The second kappa shape index (κ2) is 8.80. The lowest BCUT2D eigenvalue weighted by atomic mass is 10.2. The van der Waals surface area contributed by atoms with E-state index in [2.05, 4.69) is 20.1 Å². The van der Waals surface area contributed by atoms with E-state index in [4.69, 9.17) is 22.1 Å². The average molecular weight is 482 g/mol. The molecule has 11 heteroatoms. The largest absolute Gasteiger partial charge is 0.461 e. The molecule has 5 aromatic rings. The van der Waals surface area contributed by atoms with Crippen LogP contribution in [0.4, 0.5) is 5.82 Å². The molecule has 0 saturated carbocycles. The van der Waals surface area contributed by atoms with Crippen molar-refractivity contribution in [3.8, 4) is 0 Å². The molecule has 0 saturated heterocycles. The van der Waals surface area contributed by atoms with E-state index in [1.54, 1.807) is 6.33 Å². The second-order valence-corrected chi connectivity index (χ2v) is 8.96. The SMILES string of the molecule is Cc1nn(Cc2ccccc2Cl)c2sc(C(=O)OCCCn3cnc4c(N)ncnc43)cc12. The van der Waals surface area contributed by atoms with E-state index in [1.165, 1.54) is 17.7 Å². The molecule has 4 heterocycles. The molecular weight excluding hydrogens is 462 g/mol. The first-order valence-corrected chi connectivity index (χ1v) is 11.5. The molecule has 0 spiro atoms. The summed E-state index contributed by atoms with van der Waals surface area (Å²) in [6, 6.07) is 9.51. The van der Waals surface area contributed by atoms with E-state index < -0.39 is 0 Å². The van der Waals surface area contributed by atoms with Crippen LogP contribution in [0.3, 0.4) is 0 Å². The van der Waals surface area contributed by atoms with E-state index in [9.17, 15) is 4.79 Å². The van der Waals surface area contributed by atoms with Crippen molar-refractivity contribution < 1.29 is 9.53 Å². The highest BCUT2D eigenvalue weighted by molar-refractivity contribution is 7.20. The number of esters is 1. The molecular formula is C22H20ClN7O2S. The van der Waals surface area contributed by atoms with Gasteiger partial charge in [0.1, 0.15) is 21.6 Å². The zero-order valence-corrected chi connectivity index (χ0v) is 19.3. The van der Waals surface area contributed by atoms with E-state index >= 15 is 0 Å². The number of hydrogen-bond donors (Lipinski definition) is 1. The lowest BCUT2D eigenvalue weighted by molar-refractivity contribution is 0.0502. The maximum atomic E-state index is 12.6. The Morgan fingerprint density at radius 1 is 1.24 bits per heavy atom. The summed E-state index contributed by atoms with van der Waals surface area (Å²) in [6.07, 6.45) is 3.69. The highest BCUT2D eigenvalue weighted by Gasteiger charge is 2.18. The Hall–Kier alpha value is -3.50. The normalized spacial score (nSPS) is 11.5. The Labute approximate surface area is 197 Å². The molecule has 0 atom stereocenters. The predicted octanol–water partition coefficient (Wildman–Crippen LogP) is 4.08. The van der Waals surface area contributed by atoms with Crippen molar-refractivity contribution in [3.63, 3.8) is 0 Å². The standard InChI is InChI=1S/C22H20ClN7O2S/c1-13-15-9-17(33-21(15)30(28-13)10-14-5-2-3-6-16(14)23)22(31)32-8-4-7-29-12-27-18-19(24)25-11-26-20(18)29/h2-3,5-6,9,11-12H,4,7-8,10H2,1H3,(H2,24,25,26). The van der Waals surface area contributed by atoms with E-state index in [1.807, 2.05) is 46.5 Å². The summed E-state index contributed by atoms with van der Waals surface area (Å²) in [5, 5.41) is 6.25. The molecule has 0 radical (unpaired) electrons. The summed E-state index contributed by atoms with van der Waals surface area (Å²) >= 11 is 7.68. The van der Waals surface area contributed by atoms with Gasteiger partial charge >= 0.3 is 5.97 Å². The number of rotatable bonds is 7. The van der Waals surface area contributed by atoms with Crippen molar-refractivity contribution in [1.82, 2.24) is 29.3 Å². The van der Waals surface area contributed by atoms with Gasteiger partial charge in [0.15, 0.2) is 11.5 Å². The van der Waals surface area contributed by atoms with Gasteiger partial charge in [0, 0.05) is 17.0 Å². The van der Waals surface area contributed by atoms with Crippen molar-refractivity contribution in [2.24, 2.45) is 0 Å². The van der Waals surface area contributed by atoms with Gasteiger partial charge in [0.2, 0.25) is 0 Å². The first kappa shape index (κ1) is 21.4. The van der Waals surface area contributed by atoms with Crippen LogP contribution in [0.2, 0.25) is 5.02 Å². The number of carbonyl (C=O) groups is 1.